The van der Waals surface area contributed by atoms with Crippen molar-refractivity contribution >= 4 is 28.7 Å². The van der Waals surface area contributed by atoms with Gasteiger partial charge in [0.2, 0.25) is 11.9 Å². The molecule has 7 nitrogen and oxygen atoms in total. The first-order chi connectivity index (χ1) is 16.7. The van der Waals surface area contributed by atoms with Crippen LogP contribution in [0.1, 0.15) is 69.9 Å². The van der Waals surface area contributed by atoms with Crippen LogP contribution < -0.4 is 16.4 Å². The van der Waals surface area contributed by atoms with Crippen molar-refractivity contribution in [2.75, 3.05) is 17.2 Å². The lowest BCUT2D eigenvalue weighted by Crippen LogP contribution is -2.31. The number of nitrogens with two attached hydrogens (primary N) is 1. The molecular weight excluding hydrogens is 455 g/mol. The molecule has 10 heteroatoms. The lowest BCUT2D eigenvalue weighted by molar-refractivity contribution is -0.137. The SMILES string of the molecule is CC1(Nc2ncc3nc(Nc4ccc(C(F)(F)F)cc4)n(C4CCC(CN)CC4)c3n2)CCCC1. The number of benzene rings is 1. The molecule has 3 aromatic rings. The maximum atomic E-state index is 13.0. The number of alkyl halides is 3. The number of aromatic nitrogens is 4. The Balaban J connectivity index is 1.49. The summed E-state index contributed by atoms with van der Waals surface area (Å²) < 4.78 is 41.1. The van der Waals surface area contributed by atoms with E-state index in [0.717, 1.165) is 56.3 Å². The summed E-state index contributed by atoms with van der Waals surface area (Å²) in [5, 5.41) is 6.76. The molecule has 0 unspecified atom stereocenters. The lowest BCUT2D eigenvalue weighted by atomic mass is 9.86. The smallest absolute Gasteiger partial charge is 0.349 e. The van der Waals surface area contributed by atoms with E-state index in [1.807, 2.05) is 0 Å². The number of imidazole rings is 1. The van der Waals surface area contributed by atoms with E-state index < -0.39 is 11.7 Å². The third kappa shape index (κ3) is 5.07. The van der Waals surface area contributed by atoms with Gasteiger partial charge in [0, 0.05) is 17.3 Å². The topological polar surface area (TPSA) is 93.7 Å². The van der Waals surface area contributed by atoms with Crippen LogP contribution in [-0.4, -0.2) is 31.6 Å². The summed E-state index contributed by atoms with van der Waals surface area (Å²) in [6.07, 6.45) is 5.83. The highest BCUT2D eigenvalue weighted by Gasteiger charge is 2.31. The van der Waals surface area contributed by atoms with Crippen LogP contribution in [0.3, 0.4) is 0 Å². The molecule has 4 N–H and O–H groups in total. The molecule has 2 saturated carbocycles. The van der Waals surface area contributed by atoms with Gasteiger partial charge in [-0.1, -0.05) is 12.8 Å². The summed E-state index contributed by atoms with van der Waals surface area (Å²) in [5.74, 6) is 1.66. The van der Waals surface area contributed by atoms with Crippen molar-refractivity contribution < 1.29 is 13.2 Å². The highest BCUT2D eigenvalue weighted by molar-refractivity contribution is 5.76. The average Bonchev–Trinajstić information content (AvgIpc) is 3.42. The molecule has 2 aromatic heterocycles. The van der Waals surface area contributed by atoms with Gasteiger partial charge in [-0.05, 0) is 82.2 Å². The zero-order valence-electron chi connectivity index (χ0n) is 19.9. The zero-order valence-corrected chi connectivity index (χ0v) is 19.9. The van der Waals surface area contributed by atoms with Crippen LogP contribution >= 0.6 is 0 Å². The normalized spacial score (nSPS) is 22.4. The fourth-order valence-corrected chi connectivity index (χ4v) is 5.45. The van der Waals surface area contributed by atoms with Crippen molar-refractivity contribution in [2.45, 2.75) is 76.0 Å². The standard InChI is InChI=1S/C25H32F3N7/c1-24(12-2-3-13-24)34-22-30-15-20-21(33-22)35(19-10-4-16(14-29)5-11-19)23(32-20)31-18-8-6-17(7-9-18)25(26,27)28/h6-9,15-16,19H,2-5,10-14,29H2,1H3,(H,31,32)(H,30,33,34). The zero-order chi connectivity index (χ0) is 24.6. The number of halogens is 3. The van der Waals surface area contributed by atoms with Crippen molar-refractivity contribution in [2.24, 2.45) is 11.7 Å². The summed E-state index contributed by atoms with van der Waals surface area (Å²) in [4.78, 5) is 14.1. The van der Waals surface area contributed by atoms with Crippen LogP contribution in [-0.2, 0) is 6.18 Å². The molecule has 0 atom stereocenters. The number of nitrogens with zero attached hydrogens (tertiary/aromatic N) is 4. The monoisotopic (exact) mass is 487 g/mol. The molecule has 0 radical (unpaired) electrons. The Morgan fingerprint density at radius 2 is 1.74 bits per heavy atom. The van der Waals surface area contributed by atoms with Crippen LogP contribution in [0, 0.1) is 5.92 Å². The third-order valence-corrected chi connectivity index (χ3v) is 7.54. The molecule has 2 aliphatic rings. The third-order valence-electron chi connectivity index (χ3n) is 7.54. The van der Waals surface area contributed by atoms with Crippen molar-refractivity contribution in [1.82, 2.24) is 19.5 Å². The maximum Gasteiger partial charge on any atom is 0.416 e. The summed E-state index contributed by atoms with van der Waals surface area (Å²) in [5.41, 5.74) is 7.13. The molecule has 0 spiro atoms. The van der Waals surface area contributed by atoms with Gasteiger partial charge in [0.1, 0.15) is 5.52 Å². The molecule has 0 amide bonds. The molecular formula is C25H32F3N7. The Morgan fingerprint density at radius 1 is 1.06 bits per heavy atom. The number of nitrogens with one attached hydrogen (secondary N) is 2. The maximum absolute atomic E-state index is 13.0. The van der Waals surface area contributed by atoms with Gasteiger partial charge >= 0.3 is 6.18 Å². The van der Waals surface area contributed by atoms with E-state index in [4.69, 9.17) is 15.7 Å². The first-order valence-corrected chi connectivity index (χ1v) is 12.4. The highest BCUT2D eigenvalue weighted by atomic mass is 19.4. The first-order valence-electron chi connectivity index (χ1n) is 12.4. The van der Waals surface area contributed by atoms with Crippen LogP contribution in [0.2, 0.25) is 0 Å². The summed E-state index contributed by atoms with van der Waals surface area (Å²) in [6, 6.07) is 5.18. The molecule has 35 heavy (non-hydrogen) atoms. The van der Waals surface area contributed by atoms with E-state index in [0.29, 0.717) is 35.6 Å². The number of rotatable bonds is 6. The van der Waals surface area contributed by atoms with Crippen LogP contribution in [0.5, 0.6) is 0 Å². The minimum Gasteiger partial charge on any atom is -0.349 e. The van der Waals surface area contributed by atoms with Crippen LogP contribution in [0.4, 0.5) is 30.8 Å². The highest BCUT2D eigenvalue weighted by Crippen LogP contribution is 2.38. The Bertz CT molecular complexity index is 1160. The fourth-order valence-electron chi connectivity index (χ4n) is 5.45. The molecule has 1 aromatic carbocycles. The summed E-state index contributed by atoms with van der Waals surface area (Å²) >= 11 is 0. The number of fused-ring (bicyclic) bond motifs is 1. The summed E-state index contributed by atoms with van der Waals surface area (Å²) in [7, 11) is 0. The van der Waals surface area contributed by atoms with Gasteiger partial charge < -0.3 is 16.4 Å². The van der Waals surface area contributed by atoms with E-state index in [2.05, 4.69) is 27.1 Å². The van der Waals surface area contributed by atoms with Gasteiger partial charge in [-0.3, -0.25) is 4.57 Å². The second-order valence-electron chi connectivity index (χ2n) is 10.2. The molecule has 2 aliphatic carbocycles. The van der Waals surface area contributed by atoms with Crippen LogP contribution in [0.15, 0.2) is 30.5 Å². The fraction of sp³-hybridized carbons (Fsp3) is 0.560. The van der Waals surface area contributed by atoms with E-state index in [9.17, 15) is 13.2 Å². The Morgan fingerprint density at radius 3 is 2.37 bits per heavy atom. The van der Waals surface area contributed by atoms with Crippen molar-refractivity contribution in [3.8, 4) is 0 Å². The minimum atomic E-state index is -4.37. The van der Waals surface area contributed by atoms with Gasteiger partial charge in [-0.25, -0.2) is 9.97 Å². The second-order valence-corrected chi connectivity index (χ2v) is 10.2. The van der Waals surface area contributed by atoms with Crippen molar-refractivity contribution in [1.29, 1.82) is 0 Å². The van der Waals surface area contributed by atoms with E-state index in [-0.39, 0.29) is 11.6 Å². The van der Waals surface area contributed by atoms with Gasteiger partial charge in [0.25, 0.3) is 0 Å². The Hall–Kier alpha value is -2.88. The van der Waals surface area contributed by atoms with E-state index in [1.165, 1.54) is 25.0 Å². The van der Waals surface area contributed by atoms with Gasteiger partial charge in [-0.2, -0.15) is 18.2 Å². The quantitative estimate of drug-likeness (QED) is 0.393. The molecule has 0 saturated heterocycles. The molecule has 0 bridgehead atoms. The number of hydrogen-bond acceptors (Lipinski definition) is 6. The van der Waals surface area contributed by atoms with Crippen LogP contribution in [0.25, 0.3) is 11.2 Å². The molecule has 2 fully saturated rings. The molecule has 188 valence electrons. The number of hydrogen-bond donors (Lipinski definition) is 3. The predicted molar refractivity (Wildman–Crippen MR) is 131 cm³/mol. The predicted octanol–water partition coefficient (Wildman–Crippen LogP) is 6.02. The average molecular weight is 488 g/mol. The second kappa shape index (κ2) is 9.29. The molecule has 0 aliphatic heterocycles. The van der Waals surface area contributed by atoms with Gasteiger partial charge in [0.15, 0.2) is 5.65 Å². The lowest BCUT2D eigenvalue weighted by Gasteiger charge is -2.30. The Labute approximate surface area is 202 Å². The largest absolute Gasteiger partial charge is 0.416 e. The van der Waals surface area contributed by atoms with E-state index in [1.54, 1.807) is 6.20 Å². The van der Waals surface area contributed by atoms with Gasteiger partial charge in [0.05, 0.1) is 11.8 Å². The summed E-state index contributed by atoms with van der Waals surface area (Å²) in [6.45, 7) is 2.89. The Kier molecular flexibility index (Phi) is 6.33. The molecule has 5 rings (SSSR count). The van der Waals surface area contributed by atoms with E-state index >= 15 is 0 Å². The van der Waals surface area contributed by atoms with Crippen molar-refractivity contribution in [3.63, 3.8) is 0 Å². The first kappa shape index (κ1) is 23.8. The molecule has 2 heterocycles. The van der Waals surface area contributed by atoms with Crippen molar-refractivity contribution in [3.05, 3.63) is 36.0 Å². The van der Waals surface area contributed by atoms with Gasteiger partial charge in [-0.15, -0.1) is 0 Å². The number of anilines is 3. The minimum absolute atomic E-state index is 0.0149.